The van der Waals surface area contributed by atoms with Gasteiger partial charge in [-0.2, -0.15) is 36.5 Å². The molecule has 7 aromatic rings. The van der Waals surface area contributed by atoms with Gasteiger partial charge in [-0.15, -0.1) is 0 Å². The van der Waals surface area contributed by atoms with Crippen molar-refractivity contribution in [2.24, 2.45) is 34.5 Å². The van der Waals surface area contributed by atoms with Crippen molar-refractivity contribution < 1.29 is 55.4 Å². The Kier molecular flexibility index (Phi) is 16.0. The molecule has 4 fully saturated rings. The second kappa shape index (κ2) is 22.7. The van der Waals surface area contributed by atoms with Gasteiger partial charge in [-0.05, 0) is 158 Å². The van der Waals surface area contributed by atoms with Crippen molar-refractivity contribution in [1.29, 1.82) is 0 Å². The third kappa shape index (κ3) is 12.5. The molecule has 0 unspecified atom stereocenters. The summed E-state index contributed by atoms with van der Waals surface area (Å²) in [5.41, 5.74) is 5.06. The molecule has 2 spiro atoms. The molecule has 4 aliphatic carbocycles. The third-order valence-corrected chi connectivity index (χ3v) is 16.9. The highest BCUT2D eigenvalue weighted by Crippen LogP contribution is 2.60. The minimum atomic E-state index is -4.40. The summed E-state index contributed by atoms with van der Waals surface area (Å²) in [7, 11) is 0. The maximum atomic E-state index is 13.7. The van der Waals surface area contributed by atoms with Crippen LogP contribution in [0, 0.1) is 34.5 Å². The SMILES string of the molecule is CC(C)Cn1nc(C(=O)NC2CC3(C2)CC(C(=O)O)C3)c2c(Cc3ccc(C(F)(F)F)cc3)cccc21.CC(C)Cn1nc(C(=O)NC2CC3(C2)CC(C(=O)O[C@@H](C)c2ccccc2)C3)c2c(Cc3ccc(C(F)(F)F)cc3)cccc21. The van der Waals surface area contributed by atoms with Crippen LogP contribution in [-0.4, -0.2) is 60.5 Å². The molecule has 2 amide bonds. The zero-order valence-electron chi connectivity index (χ0n) is 46.5. The number of carbonyl (C=O) groups excluding carboxylic acids is 3. The van der Waals surface area contributed by atoms with Crippen LogP contribution in [0.2, 0.25) is 0 Å². The molecule has 4 aliphatic rings. The summed E-state index contributed by atoms with van der Waals surface area (Å²) in [6, 6.07) is 31.3. The van der Waals surface area contributed by atoms with Gasteiger partial charge in [-0.3, -0.25) is 28.5 Å². The number of nitrogens with one attached hydrogen (secondary N) is 2. The molecular weight excluding hydrogens is 1060 g/mol. The number of carbonyl (C=O) groups is 4. The minimum Gasteiger partial charge on any atom is -0.481 e. The molecule has 3 N–H and O–H groups in total. The van der Waals surface area contributed by atoms with E-state index in [4.69, 9.17) is 14.9 Å². The van der Waals surface area contributed by atoms with Crippen LogP contribution in [0.4, 0.5) is 26.3 Å². The van der Waals surface area contributed by atoms with Gasteiger partial charge in [0.25, 0.3) is 11.8 Å². The minimum absolute atomic E-state index is 0.00918. The Morgan fingerprint density at radius 2 is 0.963 bits per heavy atom. The molecular formula is C64H68F6N6O6. The molecule has 5 aromatic carbocycles. The predicted molar refractivity (Wildman–Crippen MR) is 298 cm³/mol. The van der Waals surface area contributed by atoms with E-state index in [2.05, 4.69) is 43.4 Å². The highest BCUT2D eigenvalue weighted by Gasteiger charge is 2.57. The standard InChI is InChI=1S/C36H38F3N3O3.C28H30F3N3O3/c1-22(2)21-42-30-11-7-10-26(16-24-12-14-28(15-13-24)36(37,38)39)31(30)32(41-42)33(43)40-29-19-35(20-29)17-27(18-35)34(44)45-23(3)25-8-5-4-6-9-25;1-16(2)15-34-22-5-3-4-18(10-17-6-8-20(9-7-17)28(29,30)31)23(22)24(33-34)25(35)32-21-13-27(14-21)11-19(12-27)26(36)37/h4-15,22-23,27,29H,16-21H2,1-3H3,(H,40,43);3-9,16,19,21H,10-15H2,1-2H3,(H,32,35)(H,36,37)/t23-,27?,29?,35?;/m0./s1. The third-order valence-electron chi connectivity index (χ3n) is 16.9. The molecule has 82 heavy (non-hydrogen) atoms. The fourth-order valence-corrected chi connectivity index (χ4v) is 13.0. The Morgan fingerprint density at radius 1 is 0.561 bits per heavy atom. The zero-order valence-corrected chi connectivity index (χ0v) is 46.5. The molecule has 11 rings (SSSR count). The normalized spacial score (nSPS) is 22.4. The lowest BCUT2D eigenvalue weighted by Crippen LogP contribution is -2.57. The van der Waals surface area contributed by atoms with Crippen LogP contribution < -0.4 is 10.6 Å². The summed E-state index contributed by atoms with van der Waals surface area (Å²) < 4.78 is 87.7. The van der Waals surface area contributed by atoms with Crippen LogP contribution in [0.5, 0.6) is 0 Å². The van der Waals surface area contributed by atoms with Crippen LogP contribution in [0.15, 0.2) is 115 Å². The average molecular weight is 1130 g/mol. The second-order valence-corrected chi connectivity index (χ2v) is 24.4. The van der Waals surface area contributed by atoms with Gasteiger partial charge in [-0.25, -0.2) is 0 Å². The van der Waals surface area contributed by atoms with Crippen molar-refractivity contribution >= 4 is 45.6 Å². The Balaban J connectivity index is 0.000000187. The summed E-state index contributed by atoms with van der Waals surface area (Å²) in [6.45, 7) is 11.4. The number of amides is 2. The molecule has 12 nitrogen and oxygen atoms in total. The molecule has 0 saturated heterocycles. The number of esters is 1. The van der Waals surface area contributed by atoms with E-state index in [-0.39, 0.29) is 58.6 Å². The number of fused-ring (bicyclic) bond motifs is 2. The summed E-state index contributed by atoms with van der Waals surface area (Å²) in [5.74, 6) is -1.24. The first-order chi connectivity index (χ1) is 38.8. The first-order valence-electron chi connectivity index (χ1n) is 28.2. The number of nitrogens with zero attached hydrogens (tertiary/aromatic N) is 4. The molecule has 2 heterocycles. The number of hydrogen-bond donors (Lipinski definition) is 3. The molecule has 1 atom stereocenters. The molecule has 18 heteroatoms. The molecule has 0 radical (unpaired) electrons. The van der Waals surface area contributed by atoms with Gasteiger partial charge in [0.15, 0.2) is 11.4 Å². The number of ether oxygens (including phenoxy) is 1. The molecule has 0 bridgehead atoms. The van der Waals surface area contributed by atoms with Crippen molar-refractivity contribution in [3.8, 4) is 0 Å². The smallest absolute Gasteiger partial charge is 0.416 e. The van der Waals surface area contributed by atoms with Gasteiger partial charge in [0, 0.05) is 35.9 Å². The Morgan fingerprint density at radius 3 is 1.34 bits per heavy atom. The summed E-state index contributed by atoms with van der Waals surface area (Å²) in [5, 5.41) is 26.3. The number of carboxylic acids is 1. The Labute approximate surface area is 472 Å². The van der Waals surface area contributed by atoms with E-state index < -0.39 is 29.4 Å². The van der Waals surface area contributed by atoms with Gasteiger partial charge in [0.2, 0.25) is 0 Å². The maximum absolute atomic E-state index is 13.7. The zero-order chi connectivity index (χ0) is 58.5. The van der Waals surface area contributed by atoms with Crippen LogP contribution in [0.3, 0.4) is 0 Å². The van der Waals surface area contributed by atoms with Crippen molar-refractivity contribution in [3.05, 3.63) is 166 Å². The highest BCUT2D eigenvalue weighted by atomic mass is 19.4. The number of halogens is 6. The van der Waals surface area contributed by atoms with Gasteiger partial charge >= 0.3 is 24.3 Å². The predicted octanol–water partition coefficient (Wildman–Crippen LogP) is 13.6. The van der Waals surface area contributed by atoms with Crippen LogP contribution in [-0.2, 0) is 52.6 Å². The van der Waals surface area contributed by atoms with Crippen molar-refractivity contribution in [2.45, 2.75) is 142 Å². The lowest BCUT2D eigenvalue weighted by Gasteiger charge is -2.57. The summed E-state index contributed by atoms with van der Waals surface area (Å²) >= 11 is 0. The van der Waals surface area contributed by atoms with E-state index in [0.29, 0.717) is 72.9 Å². The van der Waals surface area contributed by atoms with E-state index in [1.807, 2.05) is 83.0 Å². The number of aromatic nitrogens is 4. The number of carboxylic acid groups (broad SMARTS) is 1. The first-order valence-corrected chi connectivity index (χ1v) is 28.2. The highest BCUT2D eigenvalue weighted by molar-refractivity contribution is 6.07. The van der Waals surface area contributed by atoms with E-state index >= 15 is 0 Å². The van der Waals surface area contributed by atoms with Crippen LogP contribution in [0.25, 0.3) is 21.8 Å². The fraction of sp³-hybridized carbons (Fsp3) is 0.438. The number of benzene rings is 5. The Hall–Kier alpha value is -7.50. The van der Waals surface area contributed by atoms with E-state index in [9.17, 15) is 45.5 Å². The summed E-state index contributed by atoms with van der Waals surface area (Å²) in [6.07, 6.45) is -2.33. The fourth-order valence-electron chi connectivity index (χ4n) is 13.0. The van der Waals surface area contributed by atoms with E-state index in [1.54, 1.807) is 0 Å². The van der Waals surface area contributed by atoms with Crippen molar-refractivity contribution in [1.82, 2.24) is 30.2 Å². The molecule has 0 aliphatic heterocycles. The quantitative estimate of drug-likeness (QED) is 0.0637. The van der Waals surface area contributed by atoms with E-state index in [1.165, 1.54) is 24.3 Å². The number of rotatable bonds is 16. The van der Waals surface area contributed by atoms with Gasteiger partial charge in [0.05, 0.1) is 34.0 Å². The average Bonchev–Trinajstić information content (AvgIpc) is 3.98. The Bertz CT molecular complexity index is 3470. The van der Waals surface area contributed by atoms with Crippen LogP contribution in [0.1, 0.15) is 152 Å². The monoisotopic (exact) mass is 1130 g/mol. The molecule has 2 aromatic heterocycles. The largest absolute Gasteiger partial charge is 0.481 e. The lowest BCUT2D eigenvalue weighted by atomic mass is 9.50. The maximum Gasteiger partial charge on any atom is 0.416 e. The summed E-state index contributed by atoms with van der Waals surface area (Å²) in [4.78, 5) is 51.0. The lowest BCUT2D eigenvalue weighted by molar-refractivity contribution is -0.167. The van der Waals surface area contributed by atoms with Crippen LogP contribution >= 0.6 is 0 Å². The molecule has 432 valence electrons. The molecule has 4 saturated carbocycles. The topological polar surface area (TPSA) is 157 Å². The van der Waals surface area contributed by atoms with Gasteiger partial charge in [0.1, 0.15) is 6.10 Å². The van der Waals surface area contributed by atoms with E-state index in [0.717, 1.165) is 101 Å². The first kappa shape index (κ1) is 57.7. The van der Waals surface area contributed by atoms with Gasteiger partial charge < -0.3 is 20.5 Å². The number of aliphatic carboxylic acids is 1. The second-order valence-electron chi connectivity index (χ2n) is 24.4. The van der Waals surface area contributed by atoms with Crippen molar-refractivity contribution in [3.63, 3.8) is 0 Å². The number of hydrogen-bond acceptors (Lipinski definition) is 7. The van der Waals surface area contributed by atoms with Gasteiger partial charge in [-0.1, -0.05) is 107 Å². The number of alkyl halides is 6. The van der Waals surface area contributed by atoms with Crippen molar-refractivity contribution in [2.75, 3.05) is 0 Å².